The van der Waals surface area contributed by atoms with Crippen molar-refractivity contribution in [3.05, 3.63) is 54.1 Å². The van der Waals surface area contributed by atoms with Crippen LogP contribution in [0.4, 0.5) is 0 Å². The Labute approximate surface area is 137 Å². The summed E-state index contributed by atoms with van der Waals surface area (Å²) < 4.78 is 1.95. The zero-order valence-corrected chi connectivity index (χ0v) is 13.9. The first-order valence-corrected chi connectivity index (χ1v) is 8.12. The lowest BCUT2D eigenvalue weighted by Gasteiger charge is -2.19. The summed E-state index contributed by atoms with van der Waals surface area (Å²) in [5, 5.41) is 3.17. The first kappa shape index (κ1) is 15.7. The molecule has 0 bridgehead atoms. The Kier molecular flexibility index (Phi) is 4.48. The number of hydrogen-bond donors (Lipinski definition) is 1. The molecule has 1 N–H and O–H groups in total. The molecule has 1 aliphatic heterocycles. The van der Waals surface area contributed by atoms with Crippen LogP contribution in [0.1, 0.15) is 41.9 Å². The van der Waals surface area contributed by atoms with Crippen molar-refractivity contribution in [3.63, 3.8) is 0 Å². The van der Waals surface area contributed by atoms with Crippen molar-refractivity contribution < 1.29 is 4.79 Å². The van der Waals surface area contributed by atoms with E-state index in [9.17, 15) is 4.79 Å². The maximum Gasteiger partial charge on any atom is 0.271 e. The lowest BCUT2D eigenvalue weighted by Crippen LogP contribution is -2.39. The van der Waals surface area contributed by atoms with Crippen LogP contribution >= 0.6 is 0 Å². The molecular formula is C18H24N4O. The van der Waals surface area contributed by atoms with E-state index in [0.717, 1.165) is 13.1 Å². The number of likely N-dealkylation sites (N-methyl/N-ethyl adjacent to an activating group) is 1. The molecule has 1 aromatic heterocycles. The van der Waals surface area contributed by atoms with Gasteiger partial charge in [0, 0.05) is 37.3 Å². The number of likely N-dealkylation sites (tertiary alicyclic amines) is 1. The number of aromatic nitrogens is 2. The minimum absolute atomic E-state index is 0.0920. The van der Waals surface area contributed by atoms with Gasteiger partial charge in [-0.15, -0.1) is 0 Å². The second-order valence-corrected chi connectivity index (χ2v) is 6.62. The molecule has 0 aliphatic carbocycles. The molecule has 5 heteroatoms. The fraction of sp³-hybridized carbons (Fsp3) is 0.444. The lowest BCUT2D eigenvalue weighted by atomic mass is 9.94. The van der Waals surface area contributed by atoms with Gasteiger partial charge in [-0.2, -0.15) is 0 Å². The Bertz CT molecular complexity index is 665. The van der Waals surface area contributed by atoms with Crippen molar-refractivity contribution in [1.29, 1.82) is 0 Å². The molecule has 2 aromatic rings. The topological polar surface area (TPSA) is 50.2 Å². The number of nitrogens with zero attached hydrogens (tertiary/aromatic N) is 3. The van der Waals surface area contributed by atoms with Gasteiger partial charge in [0.25, 0.3) is 5.91 Å². The van der Waals surface area contributed by atoms with Crippen LogP contribution < -0.4 is 5.32 Å². The number of amides is 1. The van der Waals surface area contributed by atoms with Crippen molar-refractivity contribution in [2.75, 3.05) is 20.1 Å². The lowest BCUT2D eigenvalue weighted by molar-refractivity contribution is 0.0931. The quantitative estimate of drug-likeness (QED) is 0.942. The second-order valence-electron chi connectivity index (χ2n) is 6.62. The van der Waals surface area contributed by atoms with Crippen molar-refractivity contribution in [2.45, 2.75) is 31.8 Å². The minimum Gasteiger partial charge on any atom is -0.346 e. The van der Waals surface area contributed by atoms with Gasteiger partial charge in [0.15, 0.2) is 0 Å². The molecule has 0 unspecified atom stereocenters. The number of nitrogens with one attached hydrogen (secondary N) is 1. The Hall–Kier alpha value is -2.14. The number of rotatable bonds is 4. The predicted octanol–water partition coefficient (Wildman–Crippen LogP) is 2.29. The van der Waals surface area contributed by atoms with Gasteiger partial charge < -0.3 is 14.8 Å². The molecule has 23 heavy (non-hydrogen) atoms. The van der Waals surface area contributed by atoms with E-state index in [2.05, 4.69) is 60.4 Å². The molecule has 1 saturated heterocycles. The van der Waals surface area contributed by atoms with Gasteiger partial charge in [0.05, 0.1) is 6.33 Å². The summed E-state index contributed by atoms with van der Waals surface area (Å²) in [5.74, 6) is 0.225. The Balaban J connectivity index is 1.73. The molecule has 1 aromatic carbocycles. The summed E-state index contributed by atoms with van der Waals surface area (Å²) in [4.78, 5) is 19.0. The van der Waals surface area contributed by atoms with Crippen LogP contribution in [-0.4, -0.2) is 46.5 Å². The summed E-state index contributed by atoms with van der Waals surface area (Å²) >= 11 is 0. The average Bonchev–Trinajstić information content (AvgIpc) is 3.15. The van der Waals surface area contributed by atoms with Gasteiger partial charge in [-0.25, -0.2) is 4.98 Å². The molecule has 122 valence electrons. The zero-order valence-electron chi connectivity index (χ0n) is 13.9. The molecule has 1 aliphatic rings. The van der Waals surface area contributed by atoms with Crippen LogP contribution in [0.15, 0.2) is 42.9 Å². The molecule has 0 radical (unpaired) electrons. The van der Waals surface area contributed by atoms with Gasteiger partial charge in [-0.1, -0.05) is 30.3 Å². The van der Waals surface area contributed by atoms with Crippen LogP contribution in [0.5, 0.6) is 0 Å². The smallest absolute Gasteiger partial charge is 0.271 e. The van der Waals surface area contributed by atoms with E-state index in [1.54, 1.807) is 6.33 Å². The standard InChI is InChI=1S/C18H24N4O/c1-13(2)22-11-17(19-12-22)18(23)20-16-10-21(3)9-15(16)14-7-5-4-6-8-14/h4-8,11-13,15-16H,9-10H2,1-3H3,(H,20,23)/t15-,16+/m1/s1. The maximum atomic E-state index is 12.5. The van der Waals surface area contributed by atoms with E-state index in [1.165, 1.54) is 5.56 Å². The number of carbonyl (C=O) groups excluding carboxylic acids is 1. The van der Waals surface area contributed by atoms with E-state index in [4.69, 9.17) is 0 Å². The van der Waals surface area contributed by atoms with E-state index in [-0.39, 0.29) is 11.9 Å². The van der Waals surface area contributed by atoms with Gasteiger partial charge in [0.2, 0.25) is 0 Å². The largest absolute Gasteiger partial charge is 0.346 e. The van der Waals surface area contributed by atoms with E-state index < -0.39 is 0 Å². The average molecular weight is 312 g/mol. The van der Waals surface area contributed by atoms with E-state index >= 15 is 0 Å². The summed E-state index contributed by atoms with van der Waals surface area (Å²) in [6.07, 6.45) is 3.53. The Morgan fingerprint density at radius 1 is 1.26 bits per heavy atom. The normalized spacial score (nSPS) is 21.7. The molecule has 3 rings (SSSR count). The molecule has 1 fully saturated rings. The van der Waals surface area contributed by atoms with Crippen LogP contribution in [0.2, 0.25) is 0 Å². The Morgan fingerprint density at radius 3 is 2.65 bits per heavy atom. The third-order valence-corrected chi connectivity index (χ3v) is 4.48. The number of hydrogen-bond acceptors (Lipinski definition) is 3. The third-order valence-electron chi connectivity index (χ3n) is 4.48. The third kappa shape index (κ3) is 3.45. The van der Waals surface area contributed by atoms with E-state index in [1.807, 2.05) is 16.8 Å². The SMILES string of the molecule is CC(C)n1cnc(C(=O)N[C@H]2CN(C)C[C@@H]2c2ccccc2)c1. The summed E-state index contributed by atoms with van der Waals surface area (Å²) in [7, 11) is 2.09. The highest BCUT2D eigenvalue weighted by molar-refractivity contribution is 5.92. The summed E-state index contributed by atoms with van der Waals surface area (Å²) in [5.41, 5.74) is 1.76. The Morgan fingerprint density at radius 2 is 2.00 bits per heavy atom. The monoisotopic (exact) mass is 312 g/mol. The van der Waals surface area contributed by atoms with Gasteiger partial charge >= 0.3 is 0 Å². The van der Waals surface area contributed by atoms with Gasteiger partial charge in [-0.05, 0) is 26.5 Å². The first-order chi connectivity index (χ1) is 11.0. The number of benzene rings is 1. The predicted molar refractivity (Wildman–Crippen MR) is 90.5 cm³/mol. The molecule has 0 saturated carbocycles. The highest BCUT2D eigenvalue weighted by atomic mass is 16.2. The highest BCUT2D eigenvalue weighted by Gasteiger charge is 2.33. The van der Waals surface area contributed by atoms with Gasteiger partial charge in [0.1, 0.15) is 5.69 Å². The first-order valence-electron chi connectivity index (χ1n) is 8.12. The fourth-order valence-corrected chi connectivity index (χ4v) is 3.16. The van der Waals surface area contributed by atoms with Crippen LogP contribution in [0.25, 0.3) is 0 Å². The summed E-state index contributed by atoms with van der Waals surface area (Å²) in [6.45, 7) is 5.95. The number of carbonyl (C=O) groups is 1. The van der Waals surface area contributed by atoms with Crippen LogP contribution in [-0.2, 0) is 0 Å². The van der Waals surface area contributed by atoms with Crippen molar-refractivity contribution in [3.8, 4) is 0 Å². The molecule has 2 heterocycles. The zero-order chi connectivity index (χ0) is 16.4. The number of imidazole rings is 1. The van der Waals surface area contributed by atoms with Crippen LogP contribution in [0, 0.1) is 0 Å². The van der Waals surface area contributed by atoms with Gasteiger partial charge in [-0.3, -0.25) is 4.79 Å². The maximum absolute atomic E-state index is 12.5. The molecule has 2 atom stereocenters. The van der Waals surface area contributed by atoms with E-state index in [0.29, 0.717) is 17.7 Å². The molecule has 0 spiro atoms. The second kappa shape index (κ2) is 6.54. The van der Waals surface area contributed by atoms with Crippen molar-refractivity contribution in [1.82, 2.24) is 19.8 Å². The van der Waals surface area contributed by atoms with Crippen molar-refractivity contribution >= 4 is 5.91 Å². The molecular weight excluding hydrogens is 288 g/mol. The molecule has 5 nitrogen and oxygen atoms in total. The van der Waals surface area contributed by atoms with Crippen molar-refractivity contribution in [2.24, 2.45) is 0 Å². The van der Waals surface area contributed by atoms with Crippen LogP contribution in [0.3, 0.4) is 0 Å². The molecule has 1 amide bonds. The highest BCUT2D eigenvalue weighted by Crippen LogP contribution is 2.26. The fourth-order valence-electron chi connectivity index (χ4n) is 3.16. The summed E-state index contributed by atoms with van der Waals surface area (Å²) in [6, 6.07) is 10.8. The minimum atomic E-state index is -0.0920.